The Hall–Kier alpha value is -1.55. The van der Waals surface area contributed by atoms with Gasteiger partial charge in [0, 0.05) is 6.54 Å². The molecule has 1 fully saturated rings. The minimum Gasteiger partial charge on any atom is -0.445 e. The molecule has 0 aliphatic heterocycles. The fourth-order valence-electron chi connectivity index (χ4n) is 2.80. The first-order valence-corrected chi connectivity index (χ1v) is 7.24. The highest BCUT2D eigenvalue weighted by atomic mass is 16.5. The van der Waals surface area contributed by atoms with Crippen molar-refractivity contribution in [3.63, 3.8) is 0 Å². The van der Waals surface area contributed by atoms with E-state index in [0.717, 1.165) is 31.2 Å². The van der Waals surface area contributed by atoms with Crippen molar-refractivity contribution < 1.29 is 14.6 Å². The number of rotatable bonds is 4. The van der Waals surface area contributed by atoms with Gasteiger partial charge in [-0.1, -0.05) is 50.1 Å². The summed E-state index contributed by atoms with van der Waals surface area (Å²) in [6.45, 7) is 2.66. The Balaban J connectivity index is 1.72. The number of benzene rings is 1. The van der Waals surface area contributed by atoms with Crippen LogP contribution in [0.4, 0.5) is 4.79 Å². The summed E-state index contributed by atoms with van der Waals surface area (Å²) >= 11 is 0. The largest absolute Gasteiger partial charge is 0.445 e. The van der Waals surface area contributed by atoms with E-state index in [2.05, 4.69) is 12.2 Å². The van der Waals surface area contributed by atoms with Gasteiger partial charge in [-0.25, -0.2) is 4.79 Å². The fraction of sp³-hybridized carbons (Fsp3) is 0.562. The third-order valence-corrected chi connectivity index (χ3v) is 3.84. The van der Waals surface area contributed by atoms with Gasteiger partial charge in [0.05, 0.1) is 5.60 Å². The fourth-order valence-corrected chi connectivity index (χ4v) is 2.80. The molecule has 1 aliphatic carbocycles. The molecule has 1 aliphatic rings. The van der Waals surface area contributed by atoms with Crippen molar-refractivity contribution >= 4 is 6.09 Å². The van der Waals surface area contributed by atoms with E-state index in [9.17, 15) is 9.90 Å². The van der Waals surface area contributed by atoms with Gasteiger partial charge in [-0.15, -0.1) is 0 Å². The van der Waals surface area contributed by atoms with Crippen LogP contribution in [-0.4, -0.2) is 23.3 Å². The zero-order chi connectivity index (χ0) is 14.4. The van der Waals surface area contributed by atoms with Gasteiger partial charge in [0.15, 0.2) is 0 Å². The van der Waals surface area contributed by atoms with Crippen LogP contribution in [0.5, 0.6) is 0 Å². The zero-order valence-corrected chi connectivity index (χ0v) is 12.0. The number of amides is 1. The molecule has 1 saturated carbocycles. The second-order valence-electron chi connectivity index (χ2n) is 5.84. The Kier molecular flexibility index (Phi) is 5.01. The molecule has 0 bridgehead atoms. The van der Waals surface area contributed by atoms with Crippen LogP contribution in [0.3, 0.4) is 0 Å². The molecule has 1 amide bonds. The van der Waals surface area contributed by atoms with E-state index in [4.69, 9.17) is 4.74 Å². The molecule has 2 N–H and O–H groups in total. The maximum absolute atomic E-state index is 11.6. The van der Waals surface area contributed by atoms with Crippen LogP contribution >= 0.6 is 0 Å². The Morgan fingerprint density at radius 1 is 1.45 bits per heavy atom. The molecule has 4 heteroatoms. The second kappa shape index (κ2) is 6.75. The van der Waals surface area contributed by atoms with Gasteiger partial charge in [0.2, 0.25) is 0 Å². The molecular weight excluding hydrogens is 254 g/mol. The van der Waals surface area contributed by atoms with Crippen LogP contribution in [0.1, 0.15) is 38.2 Å². The quantitative estimate of drug-likeness (QED) is 0.889. The molecule has 0 aromatic heterocycles. The van der Waals surface area contributed by atoms with Gasteiger partial charge < -0.3 is 15.2 Å². The van der Waals surface area contributed by atoms with E-state index in [-0.39, 0.29) is 13.2 Å². The van der Waals surface area contributed by atoms with E-state index >= 15 is 0 Å². The molecule has 1 aromatic rings. The predicted molar refractivity (Wildman–Crippen MR) is 77.2 cm³/mol. The highest BCUT2D eigenvalue weighted by molar-refractivity contribution is 5.67. The molecule has 110 valence electrons. The highest BCUT2D eigenvalue weighted by Crippen LogP contribution is 2.31. The number of carbonyl (C=O) groups excluding carboxylic acids is 1. The van der Waals surface area contributed by atoms with Crippen molar-refractivity contribution in [2.24, 2.45) is 5.92 Å². The van der Waals surface area contributed by atoms with Crippen molar-refractivity contribution in [1.29, 1.82) is 0 Å². The standard InChI is InChI=1S/C16H23NO3/c1-13-6-5-9-16(19,10-13)12-17-15(18)20-11-14-7-3-2-4-8-14/h2-4,7-8,13,19H,5-6,9-12H2,1H3,(H,17,18). The summed E-state index contributed by atoms with van der Waals surface area (Å²) in [5.41, 5.74) is 0.177. The number of nitrogens with one attached hydrogen (secondary N) is 1. The average Bonchev–Trinajstić information content (AvgIpc) is 2.44. The van der Waals surface area contributed by atoms with Gasteiger partial charge in [-0.05, 0) is 24.3 Å². The maximum Gasteiger partial charge on any atom is 0.407 e. The Morgan fingerprint density at radius 3 is 2.90 bits per heavy atom. The van der Waals surface area contributed by atoms with Crippen LogP contribution in [0.25, 0.3) is 0 Å². The summed E-state index contributed by atoms with van der Waals surface area (Å²) in [6, 6.07) is 9.54. The van der Waals surface area contributed by atoms with Gasteiger partial charge in [0.25, 0.3) is 0 Å². The van der Waals surface area contributed by atoms with Crippen molar-refractivity contribution in [2.45, 2.75) is 44.8 Å². The van der Waals surface area contributed by atoms with Crippen LogP contribution in [0, 0.1) is 5.92 Å². The lowest BCUT2D eigenvalue weighted by Gasteiger charge is -2.35. The summed E-state index contributed by atoms with van der Waals surface area (Å²) in [7, 11) is 0. The SMILES string of the molecule is CC1CCCC(O)(CNC(=O)OCc2ccccc2)C1. The molecular formula is C16H23NO3. The molecule has 20 heavy (non-hydrogen) atoms. The molecule has 0 spiro atoms. The molecule has 1 aromatic carbocycles. The van der Waals surface area contributed by atoms with Crippen LogP contribution in [0.15, 0.2) is 30.3 Å². The predicted octanol–water partition coefficient (Wildman–Crippen LogP) is 2.85. The zero-order valence-electron chi connectivity index (χ0n) is 12.0. The third kappa shape index (κ3) is 4.53. The summed E-state index contributed by atoms with van der Waals surface area (Å²) < 4.78 is 5.13. The summed E-state index contributed by atoms with van der Waals surface area (Å²) in [6.07, 6.45) is 3.18. The van der Waals surface area contributed by atoms with Gasteiger partial charge >= 0.3 is 6.09 Å². The van der Waals surface area contributed by atoms with Crippen LogP contribution < -0.4 is 5.32 Å². The first-order valence-electron chi connectivity index (χ1n) is 7.24. The van der Waals surface area contributed by atoms with E-state index in [1.54, 1.807) is 0 Å². The maximum atomic E-state index is 11.6. The van der Waals surface area contributed by atoms with Crippen molar-refractivity contribution in [3.05, 3.63) is 35.9 Å². The Bertz CT molecular complexity index is 435. The third-order valence-electron chi connectivity index (χ3n) is 3.84. The highest BCUT2D eigenvalue weighted by Gasteiger charge is 2.32. The summed E-state index contributed by atoms with van der Waals surface area (Å²) in [5.74, 6) is 0.510. The van der Waals surface area contributed by atoms with E-state index < -0.39 is 11.7 Å². The normalized spacial score (nSPS) is 26.0. The lowest BCUT2D eigenvalue weighted by molar-refractivity contribution is -0.0120. The number of alkyl carbamates (subject to hydrolysis) is 1. The second-order valence-corrected chi connectivity index (χ2v) is 5.84. The van der Waals surface area contributed by atoms with Gasteiger partial charge in [-0.2, -0.15) is 0 Å². The topological polar surface area (TPSA) is 58.6 Å². The number of ether oxygens (including phenoxy) is 1. The molecule has 2 unspecified atom stereocenters. The van der Waals surface area contributed by atoms with Gasteiger partial charge in [0.1, 0.15) is 6.61 Å². The summed E-state index contributed by atoms with van der Waals surface area (Å²) in [5, 5.41) is 13.1. The molecule has 2 atom stereocenters. The Labute approximate surface area is 120 Å². The smallest absolute Gasteiger partial charge is 0.407 e. The molecule has 0 radical (unpaired) electrons. The minimum atomic E-state index is -0.774. The van der Waals surface area contributed by atoms with Crippen molar-refractivity contribution in [2.75, 3.05) is 6.54 Å². The first-order chi connectivity index (χ1) is 9.57. The number of hydrogen-bond acceptors (Lipinski definition) is 3. The monoisotopic (exact) mass is 277 g/mol. The number of carbonyl (C=O) groups is 1. The van der Waals surface area contributed by atoms with E-state index in [0.29, 0.717) is 5.92 Å². The Morgan fingerprint density at radius 2 is 2.20 bits per heavy atom. The number of hydrogen-bond donors (Lipinski definition) is 2. The van der Waals surface area contributed by atoms with Gasteiger partial charge in [-0.3, -0.25) is 0 Å². The lowest BCUT2D eigenvalue weighted by atomic mass is 9.79. The van der Waals surface area contributed by atoms with E-state index in [1.807, 2.05) is 30.3 Å². The molecule has 0 saturated heterocycles. The first kappa shape index (κ1) is 14.9. The van der Waals surface area contributed by atoms with Crippen molar-refractivity contribution in [1.82, 2.24) is 5.32 Å². The van der Waals surface area contributed by atoms with Crippen LogP contribution in [-0.2, 0) is 11.3 Å². The molecule has 0 heterocycles. The summed E-state index contributed by atoms with van der Waals surface area (Å²) in [4.78, 5) is 11.6. The lowest BCUT2D eigenvalue weighted by Crippen LogP contribution is -2.45. The molecule has 2 rings (SSSR count). The van der Waals surface area contributed by atoms with Crippen molar-refractivity contribution in [3.8, 4) is 0 Å². The number of aliphatic hydroxyl groups is 1. The van der Waals surface area contributed by atoms with E-state index in [1.165, 1.54) is 0 Å². The minimum absolute atomic E-state index is 0.251. The molecule has 4 nitrogen and oxygen atoms in total. The average molecular weight is 277 g/mol. The van der Waals surface area contributed by atoms with Crippen LogP contribution in [0.2, 0.25) is 0 Å².